The zero-order valence-electron chi connectivity index (χ0n) is 12.2. The van der Waals surface area contributed by atoms with Crippen LogP contribution in [0.5, 0.6) is 0 Å². The van der Waals surface area contributed by atoms with Crippen LogP contribution in [-0.2, 0) is 0 Å². The molecule has 0 atom stereocenters. The van der Waals surface area contributed by atoms with Crippen molar-refractivity contribution in [3.05, 3.63) is 60.7 Å². The fourth-order valence-corrected chi connectivity index (χ4v) is 2.26. The molecule has 0 amide bonds. The molecule has 0 unspecified atom stereocenters. The van der Waals surface area contributed by atoms with Crippen LogP contribution in [0.25, 0.3) is 22.6 Å². The molecule has 0 aromatic carbocycles. The number of hydrogen-bond acceptors (Lipinski definition) is 5. The maximum Gasteiger partial charge on any atom is 0.182 e. The van der Waals surface area contributed by atoms with E-state index < -0.39 is 11.6 Å². The highest BCUT2D eigenvalue weighted by molar-refractivity contribution is 5.90. The second-order valence-electron chi connectivity index (χ2n) is 4.98. The van der Waals surface area contributed by atoms with Gasteiger partial charge in [0.1, 0.15) is 23.0 Å². The van der Waals surface area contributed by atoms with Crippen molar-refractivity contribution in [2.75, 3.05) is 5.32 Å². The van der Waals surface area contributed by atoms with Crippen LogP contribution < -0.4 is 5.32 Å². The number of rotatable bonds is 3. The van der Waals surface area contributed by atoms with E-state index in [9.17, 15) is 8.78 Å². The molecule has 0 aliphatic rings. The average Bonchev–Trinajstić information content (AvgIpc) is 3.06. The Morgan fingerprint density at radius 3 is 2.71 bits per heavy atom. The number of pyridine rings is 2. The quantitative estimate of drug-likeness (QED) is 0.603. The number of nitrogens with one attached hydrogen (secondary N) is 2. The monoisotopic (exact) mass is 324 g/mol. The summed E-state index contributed by atoms with van der Waals surface area (Å²) in [5.74, 6) is -0.243. The first-order chi connectivity index (χ1) is 11.7. The van der Waals surface area contributed by atoms with Gasteiger partial charge in [0.05, 0.1) is 23.5 Å². The number of aromatic nitrogens is 5. The molecule has 0 saturated carbocycles. The molecule has 0 saturated heterocycles. The van der Waals surface area contributed by atoms with Crippen molar-refractivity contribution >= 4 is 22.5 Å². The summed E-state index contributed by atoms with van der Waals surface area (Å²) in [6, 6.07) is 6.04. The first-order valence-corrected chi connectivity index (χ1v) is 7.04. The number of halogens is 2. The lowest BCUT2D eigenvalue weighted by atomic mass is 10.3. The first-order valence-electron chi connectivity index (χ1n) is 7.04. The fourth-order valence-electron chi connectivity index (χ4n) is 2.26. The van der Waals surface area contributed by atoms with Gasteiger partial charge in [-0.25, -0.2) is 23.7 Å². The lowest BCUT2D eigenvalue weighted by Gasteiger charge is -2.09. The highest BCUT2D eigenvalue weighted by atomic mass is 19.1. The van der Waals surface area contributed by atoms with Crippen molar-refractivity contribution in [1.29, 1.82) is 0 Å². The summed E-state index contributed by atoms with van der Waals surface area (Å²) in [6.07, 6.45) is 5.38. The molecule has 0 bridgehead atoms. The molecule has 0 spiro atoms. The topological polar surface area (TPSA) is 79.4 Å². The van der Waals surface area contributed by atoms with Gasteiger partial charge in [-0.15, -0.1) is 0 Å². The Labute approximate surface area is 134 Å². The zero-order valence-corrected chi connectivity index (χ0v) is 12.2. The van der Waals surface area contributed by atoms with E-state index in [-0.39, 0.29) is 5.69 Å². The van der Waals surface area contributed by atoms with Crippen LogP contribution in [0.3, 0.4) is 0 Å². The van der Waals surface area contributed by atoms with E-state index in [2.05, 4.69) is 30.2 Å². The van der Waals surface area contributed by atoms with E-state index in [1.54, 1.807) is 12.3 Å². The van der Waals surface area contributed by atoms with Crippen LogP contribution in [0.1, 0.15) is 0 Å². The van der Waals surface area contributed by atoms with E-state index in [4.69, 9.17) is 0 Å². The Morgan fingerprint density at radius 2 is 1.92 bits per heavy atom. The minimum absolute atomic E-state index is 0.240. The van der Waals surface area contributed by atoms with Gasteiger partial charge in [-0.2, -0.15) is 0 Å². The summed E-state index contributed by atoms with van der Waals surface area (Å²) in [7, 11) is 0. The molecule has 8 heteroatoms. The van der Waals surface area contributed by atoms with Gasteiger partial charge in [0.15, 0.2) is 11.6 Å². The molecule has 0 fully saturated rings. The summed E-state index contributed by atoms with van der Waals surface area (Å²) in [5.41, 5.74) is 1.21. The molecular weight excluding hydrogens is 314 g/mol. The molecule has 2 N–H and O–H groups in total. The maximum atomic E-state index is 13.8. The predicted molar refractivity (Wildman–Crippen MR) is 84.6 cm³/mol. The minimum Gasteiger partial charge on any atom is -0.346 e. The molecule has 24 heavy (non-hydrogen) atoms. The van der Waals surface area contributed by atoms with Gasteiger partial charge < -0.3 is 10.3 Å². The smallest absolute Gasteiger partial charge is 0.182 e. The SMILES string of the molecule is Fc1ccc(-c2nc(Nc3ccncc3F)c3cc[nH]c3n2)nc1. The number of fused-ring (bicyclic) bond motifs is 1. The lowest BCUT2D eigenvalue weighted by Crippen LogP contribution is -2.01. The van der Waals surface area contributed by atoms with Gasteiger partial charge in [-0.05, 0) is 24.3 Å². The average molecular weight is 324 g/mol. The summed E-state index contributed by atoms with van der Waals surface area (Å²) >= 11 is 0. The van der Waals surface area contributed by atoms with Crippen LogP contribution in [0, 0.1) is 11.6 Å². The molecule has 118 valence electrons. The molecule has 0 radical (unpaired) electrons. The summed E-state index contributed by atoms with van der Waals surface area (Å²) in [4.78, 5) is 19.4. The number of hydrogen-bond donors (Lipinski definition) is 2. The van der Waals surface area contributed by atoms with Gasteiger partial charge in [0, 0.05) is 12.4 Å². The highest BCUT2D eigenvalue weighted by Gasteiger charge is 2.13. The predicted octanol–water partition coefficient (Wildman–Crippen LogP) is 3.44. The third-order valence-corrected chi connectivity index (χ3v) is 3.40. The Morgan fingerprint density at radius 1 is 1.00 bits per heavy atom. The lowest BCUT2D eigenvalue weighted by molar-refractivity contribution is 0.621. The van der Waals surface area contributed by atoms with Crippen LogP contribution in [0.4, 0.5) is 20.3 Å². The Balaban J connectivity index is 1.83. The van der Waals surface area contributed by atoms with Gasteiger partial charge in [0.25, 0.3) is 0 Å². The molecule has 4 heterocycles. The van der Waals surface area contributed by atoms with E-state index in [0.29, 0.717) is 28.4 Å². The summed E-state index contributed by atoms with van der Waals surface area (Å²) in [6.45, 7) is 0. The molecule has 0 aliphatic carbocycles. The number of anilines is 2. The molecule has 4 aromatic rings. The van der Waals surface area contributed by atoms with E-state index in [1.807, 2.05) is 0 Å². The van der Waals surface area contributed by atoms with Gasteiger partial charge in [-0.1, -0.05) is 0 Å². The van der Waals surface area contributed by atoms with Crippen molar-refractivity contribution in [1.82, 2.24) is 24.9 Å². The van der Waals surface area contributed by atoms with Crippen molar-refractivity contribution in [2.24, 2.45) is 0 Å². The third kappa shape index (κ3) is 2.54. The van der Waals surface area contributed by atoms with Crippen LogP contribution >= 0.6 is 0 Å². The Bertz CT molecular complexity index is 1010. The van der Waals surface area contributed by atoms with Crippen molar-refractivity contribution in [2.45, 2.75) is 0 Å². The van der Waals surface area contributed by atoms with Crippen molar-refractivity contribution in [3.8, 4) is 11.5 Å². The van der Waals surface area contributed by atoms with Crippen LogP contribution in [-0.4, -0.2) is 24.9 Å². The van der Waals surface area contributed by atoms with Gasteiger partial charge >= 0.3 is 0 Å². The number of aromatic amines is 1. The molecule has 4 aromatic heterocycles. The van der Waals surface area contributed by atoms with Crippen LogP contribution in [0.15, 0.2) is 49.1 Å². The summed E-state index contributed by atoms with van der Waals surface area (Å²) in [5, 5.41) is 3.63. The summed E-state index contributed by atoms with van der Waals surface area (Å²) < 4.78 is 26.9. The molecule has 6 nitrogen and oxygen atoms in total. The van der Waals surface area contributed by atoms with E-state index in [1.165, 1.54) is 24.4 Å². The molecular formula is C16H10F2N6. The molecule has 0 aliphatic heterocycles. The van der Waals surface area contributed by atoms with Crippen molar-refractivity contribution in [3.63, 3.8) is 0 Å². The zero-order chi connectivity index (χ0) is 16.5. The minimum atomic E-state index is -0.499. The molecule has 4 rings (SSSR count). The fraction of sp³-hybridized carbons (Fsp3) is 0. The number of H-pyrrole nitrogens is 1. The normalized spacial score (nSPS) is 10.9. The van der Waals surface area contributed by atoms with Gasteiger partial charge in [0.2, 0.25) is 0 Å². The third-order valence-electron chi connectivity index (χ3n) is 3.40. The van der Waals surface area contributed by atoms with E-state index >= 15 is 0 Å². The second kappa shape index (κ2) is 5.65. The standard InChI is InChI=1S/C16H10F2N6/c17-9-1-2-13(21-7-9)16-23-14-10(3-6-20-14)15(24-16)22-12-4-5-19-8-11(12)18/h1-8H,(H2,19,20,22,23,24). The maximum absolute atomic E-state index is 13.8. The number of nitrogens with zero attached hydrogens (tertiary/aromatic N) is 4. The Kier molecular flexibility index (Phi) is 3.34. The second-order valence-corrected chi connectivity index (χ2v) is 4.98. The van der Waals surface area contributed by atoms with Gasteiger partial charge in [-0.3, -0.25) is 4.98 Å². The Hall–Kier alpha value is -3.42. The van der Waals surface area contributed by atoms with Crippen LogP contribution in [0.2, 0.25) is 0 Å². The largest absolute Gasteiger partial charge is 0.346 e. The first kappa shape index (κ1) is 14.2. The highest BCUT2D eigenvalue weighted by Crippen LogP contribution is 2.26. The van der Waals surface area contributed by atoms with Crippen molar-refractivity contribution < 1.29 is 8.78 Å². The van der Waals surface area contributed by atoms with E-state index in [0.717, 1.165) is 12.4 Å².